The number of halogens is 2. The van der Waals surface area contributed by atoms with Crippen molar-refractivity contribution in [1.82, 2.24) is 4.90 Å². The molecule has 0 aromatic carbocycles. The van der Waals surface area contributed by atoms with E-state index in [0.717, 1.165) is 0 Å². The van der Waals surface area contributed by atoms with E-state index in [1.54, 1.807) is 20.8 Å². The van der Waals surface area contributed by atoms with Gasteiger partial charge in [0, 0.05) is 4.75 Å². The number of hydrogen-bond acceptors (Lipinski definition) is 6. The molecule has 0 aliphatic carbocycles. The SMILES string of the molecule is CC(C)(C)C(=O)OCOC(=O)C1N2C(=O)C(Br)(Br)C2SC1(C)C. The van der Waals surface area contributed by atoms with Crippen LogP contribution in [0.5, 0.6) is 0 Å². The maximum atomic E-state index is 12.4. The molecule has 2 heterocycles. The number of rotatable bonds is 3. The molecular weight excluding hydrogens is 454 g/mol. The van der Waals surface area contributed by atoms with Gasteiger partial charge in [0.2, 0.25) is 6.79 Å². The summed E-state index contributed by atoms with van der Waals surface area (Å²) in [6.45, 7) is 8.44. The van der Waals surface area contributed by atoms with Gasteiger partial charge in [0.25, 0.3) is 5.91 Å². The summed E-state index contributed by atoms with van der Waals surface area (Å²) in [5.74, 6) is -1.24. The Morgan fingerprint density at radius 2 is 1.83 bits per heavy atom. The van der Waals surface area contributed by atoms with Crippen molar-refractivity contribution < 1.29 is 23.9 Å². The smallest absolute Gasteiger partial charge is 0.333 e. The lowest BCUT2D eigenvalue weighted by Gasteiger charge is -2.46. The van der Waals surface area contributed by atoms with Crippen molar-refractivity contribution in [2.75, 3.05) is 6.79 Å². The van der Waals surface area contributed by atoms with Gasteiger partial charge in [-0.05, 0) is 34.6 Å². The Labute approximate surface area is 156 Å². The molecule has 2 aliphatic heterocycles. The van der Waals surface area contributed by atoms with Gasteiger partial charge >= 0.3 is 11.9 Å². The molecule has 0 N–H and O–H groups in total. The van der Waals surface area contributed by atoms with Gasteiger partial charge < -0.3 is 14.4 Å². The number of fused-ring (bicyclic) bond motifs is 1. The second kappa shape index (κ2) is 5.91. The number of amides is 1. The number of nitrogens with zero attached hydrogens (tertiary/aromatic N) is 1. The first kappa shape index (κ1) is 19.1. The van der Waals surface area contributed by atoms with Gasteiger partial charge in [0.05, 0.1) is 5.41 Å². The molecular formula is C14H19Br2NO5S. The highest BCUT2D eigenvalue weighted by atomic mass is 79.9. The zero-order chi connectivity index (χ0) is 17.8. The largest absolute Gasteiger partial charge is 0.427 e. The number of carbonyl (C=O) groups excluding carboxylic acids is 3. The highest BCUT2D eigenvalue weighted by molar-refractivity contribution is 9.26. The normalized spacial score (nSPS) is 28.0. The molecule has 6 nitrogen and oxygen atoms in total. The van der Waals surface area contributed by atoms with Gasteiger partial charge in [-0.1, -0.05) is 31.9 Å². The van der Waals surface area contributed by atoms with E-state index in [0.29, 0.717) is 0 Å². The molecule has 0 spiro atoms. The molecule has 23 heavy (non-hydrogen) atoms. The van der Waals surface area contributed by atoms with Crippen molar-refractivity contribution in [2.24, 2.45) is 5.41 Å². The van der Waals surface area contributed by atoms with Crippen LogP contribution in [0.3, 0.4) is 0 Å². The summed E-state index contributed by atoms with van der Waals surface area (Å²) in [7, 11) is 0. The summed E-state index contributed by atoms with van der Waals surface area (Å²) in [5, 5.41) is -0.195. The third-order valence-electron chi connectivity index (χ3n) is 3.66. The van der Waals surface area contributed by atoms with Crippen LogP contribution < -0.4 is 0 Å². The van der Waals surface area contributed by atoms with Crippen molar-refractivity contribution in [1.29, 1.82) is 0 Å². The number of esters is 2. The predicted molar refractivity (Wildman–Crippen MR) is 93.2 cm³/mol. The maximum absolute atomic E-state index is 12.4. The van der Waals surface area contributed by atoms with Gasteiger partial charge in [-0.2, -0.15) is 0 Å². The third-order valence-corrected chi connectivity index (χ3v) is 7.45. The average Bonchev–Trinajstić information content (AvgIpc) is 2.67. The van der Waals surface area contributed by atoms with Crippen molar-refractivity contribution in [2.45, 2.75) is 54.0 Å². The van der Waals surface area contributed by atoms with E-state index in [1.807, 2.05) is 13.8 Å². The summed E-state index contributed by atoms with van der Waals surface area (Å²) >= 11 is 8.19. The second-order valence-corrected chi connectivity index (χ2v) is 12.4. The number of β-lactam (4-membered cyclic amide) rings is 1. The first-order chi connectivity index (χ1) is 10.3. The molecule has 0 saturated carbocycles. The second-order valence-electron chi connectivity index (χ2n) is 7.07. The van der Waals surface area contributed by atoms with Crippen LogP contribution in [0, 0.1) is 5.41 Å². The van der Waals surface area contributed by atoms with Gasteiger partial charge in [0.1, 0.15) is 11.4 Å². The van der Waals surface area contributed by atoms with Crippen LogP contribution in [0.2, 0.25) is 0 Å². The van der Waals surface area contributed by atoms with Crippen molar-refractivity contribution in [3.05, 3.63) is 0 Å². The predicted octanol–water partition coefficient (Wildman–Crippen LogP) is 2.62. The van der Waals surface area contributed by atoms with Gasteiger partial charge in [-0.25, -0.2) is 4.79 Å². The van der Waals surface area contributed by atoms with Crippen LogP contribution in [0.25, 0.3) is 0 Å². The number of thioether (sulfide) groups is 1. The first-order valence-electron chi connectivity index (χ1n) is 7.02. The Hall–Kier alpha value is -0.280. The third kappa shape index (κ3) is 3.28. The number of ether oxygens (including phenoxy) is 2. The molecule has 130 valence electrons. The molecule has 0 radical (unpaired) electrons. The lowest BCUT2D eigenvalue weighted by Crippen LogP contribution is -2.68. The van der Waals surface area contributed by atoms with Crippen LogP contribution in [-0.2, 0) is 23.9 Å². The van der Waals surface area contributed by atoms with E-state index in [-0.39, 0.29) is 11.3 Å². The van der Waals surface area contributed by atoms with Crippen molar-refractivity contribution >= 4 is 61.5 Å². The number of hydrogen-bond donors (Lipinski definition) is 0. The van der Waals surface area contributed by atoms with Gasteiger partial charge in [-0.3, -0.25) is 9.59 Å². The van der Waals surface area contributed by atoms with E-state index in [1.165, 1.54) is 16.7 Å². The van der Waals surface area contributed by atoms with Crippen LogP contribution in [-0.4, -0.2) is 48.9 Å². The lowest BCUT2D eigenvalue weighted by atomic mass is 9.97. The number of carbonyl (C=O) groups is 3. The van der Waals surface area contributed by atoms with E-state index in [9.17, 15) is 14.4 Å². The Morgan fingerprint density at radius 1 is 1.26 bits per heavy atom. The summed E-state index contributed by atoms with van der Waals surface area (Å²) in [4.78, 5) is 37.8. The number of alkyl halides is 2. The Kier molecular flexibility index (Phi) is 4.90. The fraction of sp³-hybridized carbons (Fsp3) is 0.786. The molecule has 2 rings (SSSR count). The Morgan fingerprint density at radius 3 is 2.35 bits per heavy atom. The van der Waals surface area contributed by atoms with E-state index in [2.05, 4.69) is 31.9 Å². The minimum atomic E-state index is -0.838. The quantitative estimate of drug-likeness (QED) is 0.272. The van der Waals surface area contributed by atoms with Gasteiger partial charge in [0.15, 0.2) is 3.23 Å². The summed E-state index contributed by atoms with van der Waals surface area (Å²) in [5.41, 5.74) is -0.668. The standard InChI is InChI=1S/C14H19Br2NO5S/c1-12(2,3)11(20)22-6-21-8(18)7-13(4,5)23-10-14(15,16)9(19)17(7)10/h7,10H,6H2,1-5H3. The molecule has 1 amide bonds. The van der Waals surface area contributed by atoms with Crippen molar-refractivity contribution in [3.8, 4) is 0 Å². The summed E-state index contributed by atoms with van der Waals surface area (Å²) < 4.78 is 8.68. The van der Waals surface area contributed by atoms with Gasteiger partial charge in [-0.15, -0.1) is 11.8 Å². The minimum absolute atomic E-state index is 0.195. The summed E-state index contributed by atoms with van der Waals surface area (Å²) in [6.07, 6.45) is 0. The minimum Gasteiger partial charge on any atom is -0.427 e. The summed E-state index contributed by atoms with van der Waals surface area (Å²) in [6, 6.07) is -0.721. The Balaban J connectivity index is 2.00. The zero-order valence-corrected chi connectivity index (χ0v) is 17.5. The van der Waals surface area contributed by atoms with E-state index in [4.69, 9.17) is 9.47 Å². The van der Waals surface area contributed by atoms with Crippen LogP contribution >= 0.6 is 43.6 Å². The highest BCUT2D eigenvalue weighted by Gasteiger charge is 2.70. The van der Waals surface area contributed by atoms with E-state index < -0.39 is 38.2 Å². The molecule has 2 unspecified atom stereocenters. The molecule has 0 aromatic heterocycles. The molecule has 9 heteroatoms. The molecule has 2 saturated heterocycles. The zero-order valence-electron chi connectivity index (χ0n) is 13.5. The van der Waals surface area contributed by atoms with Crippen LogP contribution in [0.4, 0.5) is 0 Å². The monoisotopic (exact) mass is 471 g/mol. The fourth-order valence-electron chi connectivity index (χ4n) is 2.40. The first-order valence-corrected chi connectivity index (χ1v) is 9.49. The fourth-order valence-corrected chi connectivity index (χ4v) is 5.30. The topological polar surface area (TPSA) is 72.9 Å². The lowest BCUT2D eigenvalue weighted by molar-refractivity contribution is -0.179. The van der Waals surface area contributed by atoms with Crippen molar-refractivity contribution in [3.63, 3.8) is 0 Å². The molecule has 0 aromatic rings. The highest BCUT2D eigenvalue weighted by Crippen LogP contribution is 2.60. The molecule has 0 bridgehead atoms. The van der Waals surface area contributed by atoms with Crippen LogP contribution in [0.1, 0.15) is 34.6 Å². The Bertz CT molecular complexity index is 558. The van der Waals surface area contributed by atoms with E-state index >= 15 is 0 Å². The van der Waals surface area contributed by atoms with Crippen LogP contribution in [0.15, 0.2) is 0 Å². The average molecular weight is 473 g/mol. The molecule has 2 fully saturated rings. The maximum Gasteiger partial charge on any atom is 0.333 e. The molecule has 2 aliphatic rings. The molecule has 2 atom stereocenters.